The summed E-state index contributed by atoms with van der Waals surface area (Å²) in [6.07, 6.45) is -1.46. The average Bonchev–Trinajstić information content (AvgIpc) is 2.28. The number of hydrogen-bond donors (Lipinski definition) is 1. The van der Waals surface area contributed by atoms with E-state index in [1.54, 1.807) is 12.1 Å². The number of pyridine rings is 1. The Labute approximate surface area is 95.8 Å². The second-order valence-electron chi connectivity index (χ2n) is 3.17. The molecule has 0 radical (unpaired) electrons. The Morgan fingerprint density at radius 3 is 2.82 bits per heavy atom. The Hall–Kier alpha value is -1.63. The third kappa shape index (κ3) is 5.86. The van der Waals surface area contributed by atoms with E-state index in [9.17, 15) is 18.0 Å². The van der Waals surface area contributed by atoms with E-state index in [1.165, 1.54) is 12.4 Å². The van der Waals surface area contributed by atoms with E-state index >= 15 is 0 Å². The van der Waals surface area contributed by atoms with E-state index < -0.39 is 18.7 Å². The molecule has 1 aromatic rings. The van der Waals surface area contributed by atoms with Crippen molar-refractivity contribution < 1.29 is 22.7 Å². The number of aromatic nitrogens is 1. The highest BCUT2D eigenvalue weighted by Gasteiger charge is 2.27. The minimum absolute atomic E-state index is 0.0177. The summed E-state index contributed by atoms with van der Waals surface area (Å²) in [6.45, 7) is -1.48. The van der Waals surface area contributed by atoms with Gasteiger partial charge in [-0.05, 0) is 12.1 Å². The van der Waals surface area contributed by atoms with Crippen LogP contribution in [0, 0.1) is 0 Å². The van der Waals surface area contributed by atoms with E-state index in [2.05, 4.69) is 15.0 Å². The fourth-order valence-electron chi connectivity index (χ4n) is 1.02. The van der Waals surface area contributed by atoms with E-state index in [0.29, 0.717) is 5.56 Å². The monoisotopic (exact) mass is 248 g/mol. The molecule has 0 fully saturated rings. The molecule has 1 amide bonds. The molecule has 1 aromatic heterocycles. The highest BCUT2D eigenvalue weighted by Crippen LogP contribution is 2.13. The molecule has 0 atom stereocenters. The zero-order chi connectivity index (χ0) is 12.7. The van der Waals surface area contributed by atoms with Crippen molar-refractivity contribution in [3.05, 3.63) is 30.1 Å². The first-order valence-corrected chi connectivity index (χ1v) is 4.82. The highest BCUT2D eigenvalue weighted by molar-refractivity contribution is 5.93. The number of hydrogen-bond acceptors (Lipinski definition) is 3. The molecule has 1 rings (SSSR count). The van der Waals surface area contributed by atoms with Gasteiger partial charge in [0.15, 0.2) is 0 Å². The molecule has 1 N–H and O–H groups in total. The van der Waals surface area contributed by atoms with Crippen LogP contribution in [-0.2, 0) is 4.74 Å². The number of halogens is 3. The first-order chi connectivity index (χ1) is 7.99. The molecule has 0 bridgehead atoms. The molecule has 7 heteroatoms. The molecule has 94 valence electrons. The van der Waals surface area contributed by atoms with Crippen molar-refractivity contribution in [3.63, 3.8) is 0 Å². The van der Waals surface area contributed by atoms with Gasteiger partial charge in [0.2, 0.25) is 0 Å². The maximum atomic E-state index is 11.7. The van der Waals surface area contributed by atoms with Crippen LogP contribution in [0.3, 0.4) is 0 Å². The number of ether oxygens (including phenoxy) is 1. The van der Waals surface area contributed by atoms with Crippen molar-refractivity contribution >= 4 is 5.91 Å². The van der Waals surface area contributed by atoms with Crippen LogP contribution in [0.1, 0.15) is 10.4 Å². The van der Waals surface area contributed by atoms with Gasteiger partial charge in [-0.15, -0.1) is 0 Å². The van der Waals surface area contributed by atoms with E-state index in [4.69, 9.17) is 0 Å². The number of carbonyl (C=O) groups excluding carboxylic acids is 1. The molecule has 0 aliphatic carbocycles. The van der Waals surface area contributed by atoms with Gasteiger partial charge in [-0.2, -0.15) is 13.2 Å². The number of rotatable bonds is 5. The van der Waals surface area contributed by atoms with Crippen molar-refractivity contribution in [2.24, 2.45) is 0 Å². The van der Waals surface area contributed by atoms with E-state index in [0.717, 1.165) is 0 Å². The van der Waals surface area contributed by atoms with Crippen molar-refractivity contribution in [2.75, 3.05) is 19.8 Å². The van der Waals surface area contributed by atoms with Gasteiger partial charge in [0.05, 0.1) is 12.2 Å². The molecular formula is C10H11F3N2O2. The fourth-order valence-corrected chi connectivity index (χ4v) is 1.02. The summed E-state index contributed by atoms with van der Waals surface area (Å²) >= 11 is 0. The molecule has 0 aliphatic rings. The topological polar surface area (TPSA) is 51.2 Å². The summed E-state index contributed by atoms with van der Waals surface area (Å²) in [6, 6.07) is 3.15. The molecule has 0 aliphatic heterocycles. The predicted octanol–water partition coefficient (Wildman–Crippen LogP) is 1.39. The molecule has 0 unspecified atom stereocenters. The molecule has 0 aromatic carbocycles. The van der Waals surface area contributed by atoms with Crippen LogP contribution in [0.15, 0.2) is 24.5 Å². The van der Waals surface area contributed by atoms with Crippen LogP contribution < -0.4 is 5.32 Å². The molecule has 1 heterocycles. The van der Waals surface area contributed by atoms with Crippen LogP contribution in [0.5, 0.6) is 0 Å². The van der Waals surface area contributed by atoms with Gasteiger partial charge in [0, 0.05) is 18.9 Å². The normalized spacial score (nSPS) is 11.2. The number of alkyl halides is 3. The quantitative estimate of drug-likeness (QED) is 0.801. The zero-order valence-electron chi connectivity index (χ0n) is 8.83. The summed E-state index contributed by atoms with van der Waals surface area (Å²) in [5.41, 5.74) is 0.350. The Bertz CT molecular complexity index is 354. The van der Waals surface area contributed by atoms with Gasteiger partial charge >= 0.3 is 6.18 Å². The number of amides is 1. The Morgan fingerprint density at radius 2 is 2.24 bits per heavy atom. The summed E-state index contributed by atoms with van der Waals surface area (Å²) < 4.78 is 39.4. The molecule has 17 heavy (non-hydrogen) atoms. The summed E-state index contributed by atoms with van der Waals surface area (Å²) in [5.74, 6) is -0.395. The standard InChI is InChI=1S/C10H11F3N2O2/c11-10(12,13)7-17-5-4-15-9(16)8-2-1-3-14-6-8/h1-3,6H,4-5,7H2,(H,15,16). The van der Waals surface area contributed by atoms with Crippen molar-refractivity contribution in [1.82, 2.24) is 10.3 Å². The molecule has 0 spiro atoms. The Balaban J connectivity index is 2.18. The number of carbonyl (C=O) groups is 1. The molecule has 0 saturated carbocycles. The minimum atomic E-state index is -4.34. The maximum absolute atomic E-state index is 11.7. The van der Waals surface area contributed by atoms with Crippen LogP contribution in [0.4, 0.5) is 13.2 Å². The second kappa shape index (κ2) is 6.19. The molecule has 4 nitrogen and oxygen atoms in total. The van der Waals surface area contributed by atoms with Gasteiger partial charge < -0.3 is 10.1 Å². The van der Waals surface area contributed by atoms with Gasteiger partial charge in [0.1, 0.15) is 6.61 Å². The smallest absolute Gasteiger partial charge is 0.370 e. The molecule has 0 saturated heterocycles. The lowest BCUT2D eigenvalue weighted by molar-refractivity contribution is -0.173. The van der Waals surface area contributed by atoms with Crippen LogP contribution >= 0.6 is 0 Å². The van der Waals surface area contributed by atoms with Crippen LogP contribution in [-0.4, -0.2) is 36.8 Å². The largest absolute Gasteiger partial charge is 0.411 e. The first kappa shape index (κ1) is 13.4. The third-order valence-electron chi connectivity index (χ3n) is 1.72. The molecular weight excluding hydrogens is 237 g/mol. The van der Waals surface area contributed by atoms with E-state index in [-0.39, 0.29) is 13.2 Å². The zero-order valence-corrected chi connectivity index (χ0v) is 8.83. The van der Waals surface area contributed by atoms with Crippen molar-refractivity contribution in [3.8, 4) is 0 Å². The highest BCUT2D eigenvalue weighted by atomic mass is 19.4. The van der Waals surface area contributed by atoms with Gasteiger partial charge in [-0.3, -0.25) is 9.78 Å². The second-order valence-corrected chi connectivity index (χ2v) is 3.17. The summed E-state index contributed by atoms with van der Waals surface area (Å²) in [7, 11) is 0. The Kier molecular flexibility index (Phi) is 4.89. The van der Waals surface area contributed by atoms with E-state index in [1.807, 2.05) is 0 Å². The first-order valence-electron chi connectivity index (χ1n) is 4.82. The summed E-state index contributed by atoms with van der Waals surface area (Å²) in [4.78, 5) is 15.1. The van der Waals surface area contributed by atoms with Gasteiger partial charge in [-0.1, -0.05) is 0 Å². The van der Waals surface area contributed by atoms with Crippen molar-refractivity contribution in [1.29, 1.82) is 0 Å². The average molecular weight is 248 g/mol. The third-order valence-corrected chi connectivity index (χ3v) is 1.72. The van der Waals surface area contributed by atoms with Crippen LogP contribution in [0.25, 0.3) is 0 Å². The lowest BCUT2D eigenvalue weighted by Gasteiger charge is -2.08. The fraction of sp³-hybridized carbons (Fsp3) is 0.400. The van der Waals surface area contributed by atoms with Crippen LogP contribution in [0.2, 0.25) is 0 Å². The Morgan fingerprint density at radius 1 is 1.47 bits per heavy atom. The van der Waals surface area contributed by atoms with Gasteiger partial charge in [-0.25, -0.2) is 0 Å². The number of nitrogens with zero attached hydrogens (tertiary/aromatic N) is 1. The predicted molar refractivity (Wildman–Crippen MR) is 53.4 cm³/mol. The van der Waals surface area contributed by atoms with Crippen molar-refractivity contribution in [2.45, 2.75) is 6.18 Å². The van der Waals surface area contributed by atoms with Gasteiger partial charge in [0.25, 0.3) is 5.91 Å². The minimum Gasteiger partial charge on any atom is -0.370 e. The number of nitrogens with one attached hydrogen (secondary N) is 1. The lowest BCUT2D eigenvalue weighted by Crippen LogP contribution is -2.28. The SMILES string of the molecule is O=C(NCCOCC(F)(F)F)c1cccnc1. The lowest BCUT2D eigenvalue weighted by atomic mass is 10.3. The summed E-state index contributed by atoms with van der Waals surface area (Å²) in [5, 5.41) is 2.41. The maximum Gasteiger partial charge on any atom is 0.411 e.